The van der Waals surface area contributed by atoms with Gasteiger partial charge in [0.05, 0.1) is 18.0 Å². The standard InChI is InChI=1S/C12H16N2O3S2/c1-7(15)14-9(6-19-12(14,2)3)10-13-8(5-18-10)11(16)17-4/h5,9H,6H2,1-4H3. The SMILES string of the molecule is COC(=O)c1csc(C2CSC(C)(C)N2C(C)=O)n1. The van der Waals surface area contributed by atoms with E-state index in [0.717, 1.165) is 10.8 Å². The summed E-state index contributed by atoms with van der Waals surface area (Å²) >= 11 is 3.11. The molecule has 1 unspecified atom stereocenters. The maximum Gasteiger partial charge on any atom is 0.357 e. The number of thioether (sulfide) groups is 1. The van der Waals surface area contributed by atoms with Crippen LogP contribution in [0.2, 0.25) is 0 Å². The minimum atomic E-state index is -0.443. The molecular formula is C12H16N2O3S2. The highest BCUT2D eigenvalue weighted by Gasteiger charge is 2.43. The van der Waals surface area contributed by atoms with Crippen molar-refractivity contribution in [2.45, 2.75) is 31.7 Å². The fraction of sp³-hybridized carbons (Fsp3) is 0.583. The van der Waals surface area contributed by atoms with Crippen LogP contribution in [0.1, 0.15) is 42.3 Å². The van der Waals surface area contributed by atoms with Crippen LogP contribution in [0.3, 0.4) is 0 Å². The Morgan fingerprint density at radius 1 is 1.53 bits per heavy atom. The third kappa shape index (κ3) is 2.62. The fourth-order valence-corrected chi connectivity index (χ4v) is 4.47. The Morgan fingerprint density at radius 2 is 2.21 bits per heavy atom. The molecule has 1 amide bonds. The van der Waals surface area contributed by atoms with Gasteiger partial charge in [0.25, 0.3) is 0 Å². The van der Waals surface area contributed by atoms with Crippen molar-refractivity contribution >= 4 is 35.0 Å². The Bertz CT molecular complexity index is 513. The first kappa shape index (κ1) is 14.3. The lowest BCUT2D eigenvalue weighted by molar-refractivity contribution is -0.133. The number of aromatic nitrogens is 1. The predicted molar refractivity (Wildman–Crippen MR) is 75.3 cm³/mol. The maximum absolute atomic E-state index is 11.8. The first-order valence-corrected chi connectivity index (χ1v) is 7.71. The highest BCUT2D eigenvalue weighted by molar-refractivity contribution is 8.00. The van der Waals surface area contributed by atoms with E-state index in [1.165, 1.54) is 18.4 Å². The Morgan fingerprint density at radius 3 is 2.79 bits per heavy atom. The molecule has 1 aromatic rings. The van der Waals surface area contributed by atoms with Crippen molar-refractivity contribution in [1.29, 1.82) is 0 Å². The molecule has 0 aliphatic carbocycles. The highest BCUT2D eigenvalue weighted by Crippen LogP contribution is 2.46. The van der Waals surface area contributed by atoms with Crippen LogP contribution in [0.25, 0.3) is 0 Å². The van der Waals surface area contributed by atoms with Gasteiger partial charge in [0.1, 0.15) is 5.01 Å². The first-order chi connectivity index (χ1) is 8.86. The first-order valence-electron chi connectivity index (χ1n) is 5.84. The number of hydrogen-bond acceptors (Lipinski definition) is 6. The van der Waals surface area contributed by atoms with Crippen LogP contribution < -0.4 is 0 Å². The molecule has 19 heavy (non-hydrogen) atoms. The van der Waals surface area contributed by atoms with Gasteiger partial charge in [0.15, 0.2) is 5.69 Å². The monoisotopic (exact) mass is 300 g/mol. The summed E-state index contributed by atoms with van der Waals surface area (Å²) < 4.78 is 4.65. The molecular weight excluding hydrogens is 284 g/mol. The number of carbonyl (C=O) groups is 2. The average molecular weight is 300 g/mol. The number of nitrogens with zero attached hydrogens (tertiary/aromatic N) is 2. The molecule has 0 N–H and O–H groups in total. The van der Waals surface area contributed by atoms with Gasteiger partial charge in [-0.2, -0.15) is 0 Å². The van der Waals surface area contributed by atoms with E-state index in [1.54, 1.807) is 24.1 Å². The second kappa shape index (κ2) is 5.13. The third-order valence-corrected chi connectivity index (χ3v) is 5.36. The summed E-state index contributed by atoms with van der Waals surface area (Å²) in [6.45, 7) is 5.61. The Kier molecular flexibility index (Phi) is 3.87. The van der Waals surface area contributed by atoms with Gasteiger partial charge in [0, 0.05) is 18.1 Å². The van der Waals surface area contributed by atoms with Crippen molar-refractivity contribution in [3.8, 4) is 0 Å². The summed E-state index contributed by atoms with van der Waals surface area (Å²) in [5, 5.41) is 2.46. The van der Waals surface area contributed by atoms with Gasteiger partial charge in [-0.05, 0) is 13.8 Å². The second-order valence-corrected chi connectivity index (χ2v) is 7.24. The van der Waals surface area contributed by atoms with Crippen molar-refractivity contribution in [2.75, 3.05) is 12.9 Å². The summed E-state index contributed by atoms with van der Waals surface area (Å²) in [5.41, 5.74) is 0.306. The van der Waals surface area contributed by atoms with E-state index in [2.05, 4.69) is 9.72 Å². The number of esters is 1. The lowest BCUT2D eigenvalue weighted by Gasteiger charge is -2.33. The molecule has 0 aromatic carbocycles. The van der Waals surface area contributed by atoms with Crippen LogP contribution in [0.5, 0.6) is 0 Å². The second-order valence-electron chi connectivity index (χ2n) is 4.73. The van der Waals surface area contributed by atoms with Crippen LogP contribution in [0, 0.1) is 0 Å². The number of hydrogen-bond donors (Lipinski definition) is 0. The molecule has 1 fully saturated rings. The topological polar surface area (TPSA) is 59.5 Å². The fourth-order valence-electron chi connectivity index (χ4n) is 2.22. The van der Waals surface area contributed by atoms with Crippen LogP contribution in [0.4, 0.5) is 0 Å². The Hall–Kier alpha value is -1.08. The van der Waals surface area contributed by atoms with Crippen molar-refractivity contribution in [2.24, 2.45) is 0 Å². The van der Waals surface area contributed by atoms with E-state index in [1.807, 2.05) is 18.7 Å². The molecule has 1 saturated heterocycles. The largest absolute Gasteiger partial charge is 0.464 e. The van der Waals surface area contributed by atoms with Gasteiger partial charge < -0.3 is 9.64 Å². The zero-order chi connectivity index (χ0) is 14.2. The third-order valence-electron chi connectivity index (χ3n) is 3.03. The van der Waals surface area contributed by atoms with E-state index in [0.29, 0.717) is 5.69 Å². The van der Waals surface area contributed by atoms with Crippen molar-refractivity contribution in [3.05, 3.63) is 16.1 Å². The average Bonchev–Trinajstić information content (AvgIpc) is 2.91. The number of carbonyl (C=O) groups excluding carboxylic acids is 2. The molecule has 0 spiro atoms. The zero-order valence-corrected chi connectivity index (χ0v) is 12.9. The van der Waals surface area contributed by atoms with Gasteiger partial charge in [-0.25, -0.2) is 9.78 Å². The van der Waals surface area contributed by atoms with Gasteiger partial charge in [-0.15, -0.1) is 23.1 Å². The normalized spacial score (nSPS) is 21.5. The molecule has 104 valence electrons. The lowest BCUT2D eigenvalue weighted by atomic mass is 10.2. The maximum atomic E-state index is 11.8. The number of rotatable bonds is 2. The molecule has 0 radical (unpaired) electrons. The zero-order valence-electron chi connectivity index (χ0n) is 11.3. The molecule has 7 heteroatoms. The highest BCUT2D eigenvalue weighted by atomic mass is 32.2. The molecule has 1 aliphatic heterocycles. The van der Waals surface area contributed by atoms with E-state index in [4.69, 9.17) is 0 Å². The summed E-state index contributed by atoms with van der Waals surface area (Å²) in [4.78, 5) is 29.1. The van der Waals surface area contributed by atoms with E-state index < -0.39 is 5.97 Å². The number of methoxy groups -OCH3 is 1. The molecule has 1 atom stereocenters. The summed E-state index contributed by atoms with van der Waals surface area (Å²) in [7, 11) is 1.33. The molecule has 2 heterocycles. The van der Waals surface area contributed by atoms with E-state index in [9.17, 15) is 9.59 Å². The van der Waals surface area contributed by atoms with Gasteiger partial charge in [0.2, 0.25) is 5.91 Å². The number of amides is 1. The Balaban J connectivity index is 2.29. The van der Waals surface area contributed by atoms with Crippen molar-refractivity contribution in [1.82, 2.24) is 9.88 Å². The van der Waals surface area contributed by atoms with Gasteiger partial charge >= 0.3 is 5.97 Å². The van der Waals surface area contributed by atoms with E-state index >= 15 is 0 Å². The van der Waals surface area contributed by atoms with Crippen LogP contribution in [0.15, 0.2) is 5.38 Å². The molecule has 0 bridgehead atoms. The van der Waals surface area contributed by atoms with Crippen LogP contribution in [-0.2, 0) is 9.53 Å². The molecule has 0 saturated carbocycles. The van der Waals surface area contributed by atoms with Crippen molar-refractivity contribution in [3.63, 3.8) is 0 Å². The molecule has 2 rings (SSSR count). The summed E-state index contributed by atoms with van der Waals surface area (Å²) in [6, 6.07) is -0.0686. The predicted octanol–water partition coefficient (Wildman–Crippen LogP) is 2.30. The van der Waals surface area contributed by atoms with Crippen LogP contribution in [-0.4, -0.2) is 39.5 Å². The number of thiazole rings is 1. The molecule has 1 aliphatic rings. The van der Waals surface area contributed by atoms with Gasteiger partial charge in [-0.3, -0.25) is 4.79 Å². The van der Waals surface area contributed by atoms with E-state index in [-0.39, 0.29) is 16.8 Å². The molecule has 5 nitrogen and oxygen atoms in total. The van der Waals surface area contributed by atoms with Crippen LogP contribution >= 0.6 is 23.1 Å². The minimum absolute atomic E-state index is 0.0230. The smallest absolute Gasteiger partial charge is 0.357 e. The van der Waals surface area contributed by atoms with Gasteiger partial charge in [-0.1, -0.05) is 0 Å². The molecule has 1 aromatic heterocycles. The quantitative estimate of drug-likeness (QED) is 0.784. The summed E-state index contributed by atoms with van der Waals surface area (Å²) in [5.74, 6) is 0.373. The minimum Gasteiger partial charge on any atom is -0.464 e. The Labute approximate surface area is 120 Å². The lowest BCUT2D eigenvalue weighted by Crippen LogP contribution is -2.41. The summed E-state index contributed by atoms with van der Waals surface area (Å²) in [6.07, 6.45) is 0. The number of ether oxygens (including phenoxy) is 1. The van der Waals surface area contributed by atoms with Crippen molar-refractivity contribution < 1.29 is 14.3 Å².